The zero-order valence-electron chi connectivity index (χ0n) is 13.1. The van der Waals surface area contributed by atoms with Crippen LogP contribution in [-0.2, 0) is 12.7 Å². The number of hydrogen-bond acceptors (Lipinski definition) is 2. The molecule has 0 fully saturated rings. The highest BCUT2D eigenvalue weighted by molar-refractivity contribution is 6.17. The summed E-state index contributed by atoms with van der Waals surface area (Å²) in [5.41, 5.74) is 0.914. The fourth-order valence-corrected chi connectivity index (χ4v) is 2.82. The number of rotatable bonds is 5. The Labute approximate surface area is 148 Å². The first kappa shape index (κ1) is 17.6. The first-order valence-corrected chi connectivity index (χ1v) is 8.25. The van der Waals surface area contributed by atoms with Crippen molar-refractivity contribution < 1.29 is 22.7 Å². The zero-order valence-corrected chi connectivity index (χ0v) is 13.9. The van der Waals surface area contributed by atoms with Crippen molar-refractivity contribution >= 4 is 23.2 Å². The number of alkyl halides is 4. The summed E-state index contributed by atoms with van der Waals surface area (Å²) in [5, 5.41) is 0. The van der Waals surface area contributed by atoms with Crippen molar-refractivity contribution in [3.05, 3.63) is 59.2 Å². The van der Waals surface area contributed by atoms with E-state index in [4.69, 9.17) is 16.3 Å². The SMILES string of the molecule is O=C1c2cccc(OCCCCl)c2CN1c1ccc(C(F)(F)F)cc1. The van der Waals surface area contributed by atoms with Crippen LogP contribution >= 0.6 is 11.6 Å². The van der Waals surface area contributed by atoms with Crippen LogP contribution in [0.4, 0.5) is 18.9 Å². The van der Waals surface area contributed by atoms with Gasteiger partial charge < -0.3 is 9.64 Å². The average molecular weight is 370 g/mol. The van der Waals surface area contributed by atoms with Crippen LogP contribution in [0.15, 0.2) is 42.5 Å². The zero-order chi connectivity index (χ0) is 18.0. The Morgan fingerprint density at radius 3 is 2.48 bits per heavy atom. The number of halogens is 4. The number of fused-ring (bicyclic) bond motifs is 1. The normalized spacial score (nSPS) is 13.9. The van der Waals surface area contributed by atoms with Gasteiger partial charge in [0.15, 0.2) is 0 Å². The lowest BCUT2D eigenvalue weighted by atomic mass is 10.1. The Morgan fingerprint density at radius 1 is 1.12 bits per heavy atom. The molecule has 7 heteroatoms. The van der Waals surface area contributed by atoms with Crippen molar-refractivity contribution in [1.29, 1.82) is 0 Å². The third-order valence-electron chi connectivity index (χ3n) is 3.97. The number of carbonyl (C=O) groups excluding carboxylic acids is 1. The fraction of sp³-hybridized carbons (Fsp3) is 0.278. The standard InChI is InChI=1S/C18H15ClF3NO2/c19-9-2-10-25-16-4-1-3-14-15(16)11-23(17(14)24)13-7-5-12(6-8-13)18(20,21)22/h1,3-8H,2,9-11H2. The maximum Gasteiger partial charge on any atom is 0.416 e. The van der Waals surface area contributed by atoms with Crippen LogP contribution in [-0.4, -0.2) is 18.4 Å². The van der Waals surface area contributed by atoms with Crippen LogP contribution in [0.25, 0.3) is 0 Å². The summed E-state index contributed by atoms with van der Waals surface area (Å²) in [6.45, 7) is 0.699. The first-order chi connectivity index (χ1) is 11.9. The number of nitrogens with zero attached hydrogens (tertiary/aromatic N) is 1. The summed E-state index contributed by atoms with van der Waals surface area (Å²) >= 11 is 5.63. The third kappa shape index (κ3) is 3.58. The molecule has 3 rings (SSSR count). The Morgan fingerprint density at radius 2 is 1.84 bits per heavy atom. The highest BCUT2D eigenvalue weighted by Crippen LogP contribution is 2.36. The molecule has 1 amide bonds. The predicted octanol–water partition coefficient (Wildman–Crippen LogP) is 4.87. The van der Waals surface area contributed by atoms with E-state index >= 15 is 0 Å². The highest BCUT2D eigenvalue weighted by atomic mass is 35.5. The molecule has 1 aliphatic heterocycles. The van der Waals surface area contributed by atoms with Gasteiger partial charge in [-0.05, 0) is 42.8 Å². The molecule has 0 N–H and O–H groups in total. The molecule has 0 aromatic heterocycles. The quantitative estimate of drug-likeness (QED) is 0.555. The van der Waals surface area contributed by atoms with E-state index in [1.807, 2.05) is 0 Å². The summed E-state index contributed by atoms with van der Waals surface area (Å²) < 4.78 is 43.7. The second-order valence-electron chi connectivity index (χ2n) is 5.61. The van der Waals surface area contributed by atoms with Gasteiger partial charge in [-0.3, -0.25) is 4.79 Å². The van der Waals surface area contributed by atoms with E-state index in [9.17, 15) is 18.0 Å². The van der Waals surface area contributed by atoms with Crippen molar-refractivity contribution in [2.75, 3.05) is 17.4 Å². The van der Waals surface area contributed by atoms with Crippen molar-refractivity contribution in [2.45, 2.75) is 19.1 Å². The Kier molecular flexibility index (Phi) is 4.90. The minimum absolute atomic E-state index is 0.252. The lowest BCUT2D eigenvalue weighted by Crippen LogP contribution is -2.23. The number of ether oxygens (including phenoxy) is 1. The molecule has 2 aromatic rings. The molecule has 0 radical (unpaired) electrons. The van der Waals surface area contributed by atoms with Crippen molar-refractivity contribution in [3.8, 4) is 5.75 Å². The van der Waals surface area contributed by atoms with E-state index in [1.54, 1.807) is 18.2 Å². The lowest BCUT2D eigenvalue weighted by molar-refractivity contribution is -0.137. The molecule has 3 nitrogen and oxygen atoms in total. The Bertz CT molecular complexity index is 775. The summed E-state index contributed by atoms with van der Waals surface area (Å²) in [6, 6.07) is 9.75. The van der Waals surface area contributed by atoms with Crippen LogP contribution in [0.1, 0.15) is 27.9 Å². The summed E-state index contributed by atoms with van der Waals surface area (Å²) in [5.74, 6) is 0.828. The van der Waals surface area contributed by atoms with Crippen LogP contribution in [0.3, 0.4) is 0 Å². The van der Waals surface area contributed by atoms with Gasteiger partial charge in [-0.2, -0.15) is 13.2 Å². The smallest absolute Gasteiger partial charge is 0.416 e. The monoisotopic (exact) mass is 369 g/mol. The molecule has 0 atom stereocenters. The van der Waals surface area contributed by atoms with E-state index in [-0.39, 0.29) is 12.5 Å². The van der Waals surface area contributed by atoms with Gasteiger partial charge in [0.1, 0.15) is 5.75 Å². The summed E-state index contributed by atoms with van der Waals surface area (Å²) in [7, 11) is 0. The van der Waals surface area contributed by atoms with Crippen molar-refractivity contribution in [3.63, 3.8) is 0 Å². The molecule has 0 aliphatic carbocycles. The summed E-state index contributed by atoms with van der Waals surface area (Å²) in [6.07, 6.45) is -3.72. The van der Waals surface area contributed by atoms with Gasteiger partial charge in [0.25, 0.3) is 5.91 Å². The molecule has 132 valence electrons. The molecule has 2 aromatic carbocycles. The molecule has 25 heavy (non-hydrogen) atoms. The fourth-order valence-electron chi connectivity index (χ4n) is 2.72. The lowest BCUT2D eigenvalue weighted by Gasteiger charge is -2.17. The molecule has 0 unspecified atom stereocenters. The van der Waals surface area contributed by atoms with E-state index in [0.29, 0.717) is 35.9 Å². The number of amides is 1. The van der Waals surface area contributed by atoms with Gasteiger partial charge >= 0.3 is 6.18 Å². The minimum atomic E-state index is -4.40. The van der Waals surface area contributed by atoms with Crippen LogP contribution in [0, 0.1) is 0 Å². The second kappa shape index (κ2) is 6.96. The summed E-state index contributed by atoms with van der Waals surface area (Å²) in [4.78, 5) is 14.0. The first-order valence-electron chi connectivity index (χ1n) is 7.71. The molecular weight excluding hydrogens is 355 g/mol. The maximum absolute atomic E-state index is 12.7. The largest absolute Gasteiger partial charge is 0.493 e. The number of carbonyl (C=O) groups is 1. The number of benzene rings is 2. The Balaban J connectivity index is 1.84. The average Bonchev–Trinajstić information content (AvgIpc) is 2.92. The van der Waals surface area contributed by atoms with Crippen molar-refractivity contribution in [1.82, 2.24) is 0 Å². The molecule has 1 heterocycles. The van der Waals surface area contributed by atoms with Crippen molar-refractivity contribution in [2.24, 2.45) is 0 Å². The number of hydrogen-bond donors (Lipinski definition) is 0. The van der Waals surface area contributed by atoms with Crippen LogP contribution in [0.2, 0.25) is 0 Å². The molecule has 0 saturated heterocycles. The Hall–Kier alpha value is -2.21. The second-order valence-corrected chi connectivity index (χ2v) is 5.99. The van der Waals surface area contributed by atoms with E-state index in [1.165, 1.54) is 17.0 Å². The van der Waals surface area contributed by atoms with Gasteiger partial charge in [-0.15, -0.1) is 11.6 Å². The molecule has 0 saturated carbocycles. The molecule has 0 spiro atoms. The maximum atomic E-state index is 12.7. The predicted molar refractivity (Wildman–Crippen MR) is 89.2 cm³/mol. The molecular formula is C18H15ClF3NO2. The minimum Gasteiger partial charge on any atom is -0.493 e. The highest BCUT2D eigenvalue weighted by Gasteiger charge is 2.33. The molecule has 1 aliphatic rings. The van der Waals surface area contributed by atoms with Crippen LogP contribution in [0.5, 0.6) is 5.75 Å². The topological polar surface area (TPSA) is 29.5 Å². The van der Waals surface area contributed by atoms with Gasteiger partial charge in [0.2, 0.25) is 0 Å². The van der Waals surface area contributed by atoms with Gasteiger partial charge in [0.05, 0.1) is 18.7 Å². The van der Waals surface area contributed by atoms with E-state index in [2.05, 4.69) is 0 Å². The molecule has 0 bridgehead atoms. The van der Waals surface area contributed by atoms with E-state index in [0.717, 1.165) is 17.7 Å². The van der Waals surface area contributed by atoms with Gasteiger partial charge in [-0.1, -0.05) is 6.07 Å². The number of anilines is 1. The van der Waals surface area contributed by atoms with Gasteiger partial charge in [-0.25, -0.2) is 0 Å². The van der Waals surface area contributed by atoms with Crippen LogP contribution < -0.4 is 9.64 Å². The third-order valence-corrected chi connectivity index (χ3v) is 4.23. The van der Waals surface area contributed by atoms with Gasteiger partial charge in [0, 0.05) is 22.7 Å². The van der Waals surface area contributed by atoms with E-state index < -0.39 is 11.7 Å².